The second kappa shape index (κ2) is 40.6. The normalized spacial score (nSPS) is 11.2. The Balaban J connectivity index is -0.000000630. The van der Waals surface area contributed by atoms with Gasteiger partial charge in [0, 0.05) is 18.3 Å². The van der Waals surface area contributed by atoms with Gasteiger partial charge in [0.1, 0.15) is 0 Å². The second-order valence-corrected chi connectivity index (χ2v) is 12.7. The first kappa shape index (κ1) is 48.0. The molecule has 0 aliphatic rings. The van der Waals surface area contributed by atoms with E-state index in [9.17, 15) is 9.59 Å². The molecular weight excluding hydrogens is 568 g/mol. The molecule has 7 heteroatoms. The van der Waals surface area contributed by atoms with Gasteiger partial charge >= 0.3 is 11.9 Å². The predicted molar refractivity (Wildman–Crippen MR) is 190 cm³/mol. The van der Waals surface area contributed by atoms with E-state index in [2.05, 4.69) is 26.0 Å². The van der Waals surface area contributed by atoms with Gasteiger partial charge in [0.2, 0.25) is 0 Å². The molecule has 0 aliphatic heterocycles. The third-order valence-corrected chi connectivity index (χ3v) is 8.40. The molecule has 270 valence electrons. The number of carboxylic acid groups (broad SMARTS) is 2. The summed E-state index contributed by atoms with van der Waals surface area (Å²) in [7, 11) is 0. The van der Waals surface area contributed by atoms with Crippen molar-refractivity contribution in [2.24, 2.45) is 5.41 Å². The number of rotatable bonds is 31. The highest BCUT2D eigenvalue weighted by molar-refractivity contribution is 5.66. The van der Waals surface area contributed by atoms with Crippen LogP contribution in [0.4, 0.5) is 0 Å². The minimum Gasteiger partial charge on any atom is -0.481 e. The summed E-state index contributed by atoms with van der Waals surface area (Å²) in [5.41, 5.74) is -0.667. The predicted octanol–water partition coefficient (Wildman–Crippen LogP) is 10.2. The molecule has 0 aromatic carbocycles. The molecule has 0 saturated heterocycles. The van der Waals surface area contributed by atoms with Crippen LogP contribution in [-0.4, -0.2) is 57.3 Å². The Bertz CT molecular complexity index is 600. The van der Waals surface area contributed by atoms with Crippen LogP contribution in [0.2, 0.25) is 0 Å². The van der Waals surface area contributed by atoms with Gasteiger partial charge in [-0.3, -0.25) is 9.59 Å². The second-order valence-electron chi connectivity index (χ2n) is 12.7. The molecule has 0 rings (SSSR count). The summed E-state index contributed by atoms with van der Waals surface area (Å²) in [6.07, 6.45) is 36.2. The molecule has 0 unspecified atom stereocenters. The molecule has 0 aromatic rings. The van der Waals surface area contributed by atoms with Crippen molar-refractivity contribution in [3.63, 3.8) is 0 Å². The zero-order valence-corrected chi connectivity index (χ0v) is 29.9. The number of carbonyl (C=O) groups is 2. The molecule has 0 fully saturated rings. The van der Waals surface area contributed by atoms with Crippen LogP contribution in [0.5, 0.6) is 0 Å². The van der Waals surface area contributed by atoms with Gasteiger partial charge in [0.25, 0.3) is 0 Å². The van der Waals surface area contributed by atoms with E-state index in [1.54, 1.807) is 0 Å². The first-order valence-corrected chi connectivity index (χ1v) is 18.7. The Labute approximate surface area is 278 Å². The molecule has 5 N–H and O–H groups in total. The maximum Gasteiger partial charge on any atom is 0.303 e. The summed E-state index contributed by atoms with van der Waals surface area (Å²) >= 11 is 0. The van der Waals surface area contributed by atoms with Crippen molar-refractivity contribution >= 4 is 11.9 Å². The molecule has 0 spiro atoms. The van der Waals surface area contributed by atoms with Crippen LogP contribution in [0.1, 0.15) is 194 Å². The van der Waals surface area contributed by atoms with Gasteiger partial charge in [-0.25, -0.2) is 0 Å². The molecule has 0 atom stereocenters. The van der Waals surface area contributed by atoms with E-state index in [4.69, 9.17) is 25.5 Å². The van der Waals surface area contributed by atoms with Gasteiger partial charge in [-0.05, 0) is 44.9 Å². The van der Waals surface area contributed by atoms with E-state index in [1.165, 1.54) is 128 Å². The maximum atomic E-state index is 10.3. The Kier molecular flexibility index (Phi) is 43.3. The Morgan fingerprint density at radius 3 is 0.933 bits per heavy atom. The van der Waals surface area contributed by atoms with E-state index in [1.807, 2.05) is 6.92 Å². The average molecular weight is 645 g/mol. The monoisotopic (exact) mass is 645 g/mol. The lowest BCUT2D eigenvalue weighted by molar-refractivity contribution is -0.138. The minimum atomic E-state index is -0.667. The third-order valence-electron chi connectivity index (χ3n) is 8.40. The lowest BCUT2D eigenvalue weighted by atomic mass is 9.88. The van der Waals surface area contributed by atoms with E-state index < -0.39 is 17.4 Å². The molecule has 0 bridgehead atoms. The smallest absolute Gasteiger partial charge is 0.303 e. The van der Waals surface area contributed by atoms with Crippen LogP contribution in [-0.2, 0) is 9.59 Å². The Morgan fingerprint density at radius 2 is 0.711 bits per heavy atom. The molecule has 7 nitrogen and oxygen atoms in total. The van der Waals surface area contributed by atoms with Crippen molar-refractivity contribution in [2.45, 2.75) is 194 Å². The summed E-state index contributed by atoms with van der Waals surface area (Å²) in [6, 6.07) is 0. The summed E-state index contributed by atoms with van der Waals surface area (Å²) in [5, 5.41) is 42.9. The Morgan fingerprint density at radius 1 is 0.444 bits per heavy atom. The van der Waals surface area contributed by atoms with Crippen LogP contribution in [0, 0.1) is 5.41 Å². The summed E-state index contributed by atoms with van der Waals surface area (Å²) in [4.78, 5) is 20.6. The van der Waals surface area contributed by atoms with Crippen LogP contribution >= 0.6 is 0 Å². The SMILES string of the molecule is CCC(CO)(CO)CO.CCCCCCCC/C=C\CCCCCCCC(=O)O.CCCCCCCCCCCCCC(=O)O. The Hall–Kier alpha value is -1.44. The van der Waals surface area contributed by atoms with Gasteiger partial charge in [0.05, 0.1) is 19.8 Å². The third kappa shape index (κ3) is 42.6. The van der Waals surface area contributed by atoms with Crippen LogP contribution < -0.4 is 0 Å². The van der Waals surface area contributed by atoms with E-state index in [-0.39, 0.29) is 19.8 Å². The number of aliphatic hydroxyl groups is 3. The summed E-state index contributed by atoms with van der Waals surface area (Å²) in [5.74, 6) is -1.32. The summed E-state index contributed by atoms with van der Waals surface area (Å²) < 4.78 is 0. The first-order valence-electron chi connectivity index (χ1n) is 18.7. The molecule has 0 aromatic heterocycles. The van der Waals surface area contributed by atoms with E-state index >= 15 is 0 Å². The number of allylic oxidation sites excluding steroid dienone is 2. The van der Waals surface area contributed by atoms with Crippen molar-refractivity contribution < 1.29 is 35.1 Å². The largest absolute Gasteiger partial charge is 0.481 e. The van der Waals surface area contributed by atoms with Crippen LogP contribution in [0.25, 0.3) is 0 Å². The average Bonchev–Trinajstić information content (AvgIpc) is 3.03. The number of aliphatic carboxylic acids is 2. The van der Waals surface area contributed by atoms with E-state index in [0.29, 0.717) is 19.3 Å². The van der Waals surface area contributed by atoms with Gasteiger partial charge in [-0.15, -0.1) is 0 Å². The molecule has 0 aliphatic carbocycles. The quantitative estimate of drug-likeness (QED) is 0.0374. The molecule has 45 heavy (non-hydrogen) atoms. The lowest BCUT2D eigenvalue weighted by Gasteiger charge is -2.24. The van der Waals surface area contributed by atoms with Gasteiger partial charge in [0.15, 0.2) is 0 Å². The van der Waals surface area contributed by atoms with Crippen molar-refractivity contribution in [3.05, 3.63) is 12.2 Å². The summed E-state index contributed by atoms with van der Waals surface area (Å²) in [6.45, 7) is 5.86. The van der Waals surface area contributed by atoms with Crippen molar-refractivity contribution in [2.75, 3.05) is 19.8 Å². The van der Waals surface area contributed by atoms with Crippen molar-refractivity contribution in [3.8, 4) is 0 Å². The zero-order valence-electron chi connectivity index (χ0n) is 29.9. The van der Waals surface area contributed by atoms with E-state index in [0.717, 1.165) is 25.7 Å². The molecule has 0 radical (unpaired) electrons. The highest BCUT2D eigenvalue weighted by Crippen LogP contribution is 2.18. The van der Waals surface area contributed by atoms with Gasteiger partial charge in [-0.1, -0.05) is 148 Å². The number of aliphatic hydroxyl groups excluding tert-OH is 3. The number of carboxylic acids is 2. The number of hydrogen-bond acceptors (Lipinski definition) is 5. The molecular formula is C38H76O7. The van der Waals surface area contributed by atoms with Crippen LogP contribution in [0.15, 0.2) is 12.2 Å². The fourth-order valence-electron chi connectivity index (χ4n) is 4.77. The molecule has 0 amide bonds. The minimum absolute atomic E-state index is 0.156. The maximum absolute atomic E-state index is 10.3. The standard InChI is InChI=1S/C18H34O2.C14H28O2.C6H14O3/c1-2-3-4-5-6-7-8-9-10-11-12-13-14-15-16-17-18(19)20;1-2-3-4-5-6-7-8-9-10-11-12-13-14(15)16;1-2-6(3-7,4-8)5-9/h9-10H,2-8,11-17H2,1H3,(H,19,20);2-13H2,1H3,(H,15,16);7-9H,2-5H2,1H3/b10-9-;;. The van der Waals surface area contributed by atoms with Gasteiger partial charge < -0.3 is 25.5 Å². The first-order chi connectivity index (χ1) is 21.8. The van der Waals surface area contributed by atoms with Crippen molar-refractivity contribution in [1.29, 1.82) is 0 Å². The van der Waals surface area contributed by atoms with Crippen molar-refractivity contribution in [1.82, 2.24) is 0 Å². The van der Waals surface area contributed by atoms with Crippen LogP contribution in [0.3, 0.4) is 0 Å². The lowest BCUT2D eigenvalue weighted by Crippen LogP contribution is -2.32. The number of hydrogen-bond donors (Lipinski definition) is 5. The zero-order chi connectivity index (χ0) is 34.3. The molecule has 0 saturated carbocycles. The fourth-order valence-corrected chi connectivity index (χ4v) is 4.77. The number of unbranched alkanes of at least 4 members (excludes halogenated alkanes) is 21. The highest BCUT2D eigenvalue weighted by atomic mass is 16.4. The molecule has 0 heterocycles. The topological polar surface area (TPSA) is 135 Å². The fraction of sp³-hybridized carbons (Fsp3) is 0.895. The highest BCUT2D eigenvalue weighted by Gasteiger charge is 2.24. The van der Waals surface area contributed by atoms with Gasteiger partial charge in [-0.2, -0.15) is 0 Å².